The summed E-state index contributed by atoms with van der Waals surface area (Å²) in [5.41, 5.74) is -0.558. The number of anilines is 3. The van der Waals surface area contributed by atoms with Gasteiger partial charge in [0, 0.05) is 19.2 Å². The number of hydrogen-bond donors (Lipinski definition) is 2. The van der Waals surface area contributed by atoms with Gasteiger partial charge in [0.25, 0.3) is 0 Å². The van der Waals surface area contributed by atoms with E-state index in [0.29, 0.717) is 12.1 Å². The summed E-state index contributed by atoms with van der Waals surface area (Å²) in [5.74, 6) is -4.92. The normalized spacial score (nSPS) is 10.4. The fourth-order valence-electron chi connectivity index (χ4n) is 1.35. The highest BCUT2D eigenvalue weighted by atomic mass is 19.2. The average Bonchev–Trinajstić information content (AvgIpc) is 2.38. The zero-order chi connectivity index (χ0) is 14.0. The third-order valence-corrected chi connectivity index (χ3v) is 2.21. The molecule has 100 valence electrons. The van der Waals surface area contributed by atoms with Gasteiger partial charge in [-0.05, 0) is 0 Å². The summed E-state index contributed by atoms with van der Waals surface area (Å²) < 4.78 is 52.8. The van der Waals surface area contributed by atoms with E-state index in [4.69, 9.17) is 0 Å². The molecule has 1 aromatic carbocycles. The maximum absolute atomic E-state index is 13.4. The smallest absolute Gasteiger partial charge is 0.224 e. The first-order valence-electron chi connectivity index (χ1n) is 5.13. The second-order valence-corrected chi connectivity index (χ2v) is 3.51. The number of aromatic nitrogens is 2. The highest BCUT2D eigenvalue weighted by molar-refractivity contribution is 5.58. The summed E-state index contributed by atoms with van der Waals surface area (Å²) in [6.07, 6.45) is 0.842. The topological polar surface area (TPSA) is 49.8 Å². The van der Waals surface area contributed by atoms with E-state index in [0.717, 1.165) is 6.20 Å². The molecule has 0 bridgehead atoms. The molecule has 2 aromatic rings. The van der Waals surface area contributed by atoms with Crippen LogP contribution in [-0.2, 0) is 0 Å². The predicted molar refractivity (Wildman–Crippen MR) is 61.1 cm³/mol. The van der Waals surface area contributed by atoms with Crippen molar-refractivity contribution >= 4 is 17.5 Å². The van der Waals surface area contributed by atoms with Crippen LogP contribution in [0.4, 0.5) is 35.0 Å². The monoisotopic (exact) mass is 272 g/mol. The van der Waals surface area contributed by atoms with Gasteiger partial charge in [0.15, 0.2) is 23.3 Å². The number of benzene rings is 1. The summed E-state index contributed by atoms with van der Waals surface area (Å²) in [6.45, 7) is 0. The second kappa shape index (κ2) is 5.09. The molecule has 8 heteroatoms. The third kappa shape index (κ3) is 2.72. The first-order valence-corrected chi connectivity index (χ1v) is 5.13. The van der Waals surface area contributed by atoms with Gasteiger partial charge in [0.05, 0.1) is 11.9 Å². The molecule has 0 aliphatic rings. The molecule has 1 heterocycles. The van der Waals surface area contributed by atoms with Crippen LogP contribution in [0.1, 0.15) is 0 Å². The predicted octanol–water partition coefficient (Wildman–Crippen LogP) is 2.82. The molecule has 0 fully saturated rings. The minimum Gasteiger partial charge on any atom is -0.357 e. The Labute approximate surface area is 105 Å². The largest absolute Gasteiger partial charge is 0.357 e. The molecule has 0 aliphatic carbocycles. The van der Waals surface area contributed by atoms with Crippen molar-refractivity contribution in [1.82, 2.24) is 9.97 Å². The Bertz CT molecular complexity index is 618. The van der Waals surface area contributed by atoms with E-state index < -0.39 is 34.8 Å². The van der Waals surface area contributed by atoms with Crippen molar-refractivity contribution in [3.63, 3.8) is 0 Å². The minimum absolute atomic E-state index is 0.0705. The number of rotatable bonds is 3. The van der Waals surface area contributed by atoms with Crippen molar-refractivity contribution in [3.05, 3.63) is 41.6 Å². The van der Waals surface area contributed by atoms with Crippen molar-refractivity contribution in [2.75, 3.05) is 17.7 Å². The molecule has 19 heavy (non-hydrogen) atoms. The SMILES string of the molecule is CNc1ncc(F)c(Nc2cc(F)cc(F)c2F)n1. The summed E-state index contributed by atoms with van der Waals surface area (Å²) >= 11 is 0. The highest BCUT2D eigenvalue weighted by Crippen LogP contribution is 2.24. The Balaban J connectivity index is 2.41. The number of halogens is 4. The van der Waals surface area contributed by atoms with Gasteiger partial charge in [-0.2, -0.15) is 4.98 Å². The van der Waals surface area contributed by atoms with Gasteiger partial charge in [-0.1, -0.05) is 0 Å². The summed E-state index contributed by atoms with van der Waals surface area (Å²) in [5, 5.41) is 4.72. The van der Waals surface area contributed by atoms with Crippen molar-refractivity contribution in [3.8, 4) is 0 Å². The van der Waals surface area contributed by atoms with Crippen molar-refractivity contribution < 1.29 is 17.6 Å². The first-order chi connectivity index (χ1) is 9.01. The molecule has 0 aliphatic heterocycles. The van der Waals surface area contributed by atoms with Crippen molar-refractivity contribution in [2.45, 2.75) is 0 Å². The number of nitrogens with zero attached hydrogens (tertiary/aromatic N) is 2. The molecule has 2 rings (SSSR count). The molecular weight excluding hydrogens is 264 g/mol. The van der Waals surface area contributed by atoms with Gasteiger partial charge >= 0.3 is 0 Å². The van der Waals surface area contributed by atoms with Crippen molar-refractivity contribution in [2.24, 2.45) is 0 Å². The second-order valence-electron chi connectivity index (χ2n) is 3.51. The van der Waals surface area contributed by atoms with Crippen LogP contribution in [0.3, 0.4) is 0 Å². The quantitative estimate of drug-likeness (QED) is 0.666. The number of hydrogen-bond acceptors (Lipinski definition) is 4. The Morgan fingerprint density at radius 3 is 2.47 bits per heavy atom. The van der Waals surface area contributed by atoms with Crippen LogP contribution in [-0.4, -0.2) is 17.0 Å². The maximum Gasteiger partial charge on any atom is 0.224 e. The molecule has 2 N–H and O–H groups in total. The molecule has 0 amide bonds. The fraction of sp³-hybridized carbons (Fsp3) is 0.0909. The van der Waals surface area contributed by atoms with Crippen molar-refractivity contribution in [1.29, 1.82) is 0 Å². The molecule has 0 spiro atoms. The van der Waals surface area contributed by atoms with Crippen LogP contribution < -0.4 is 10.6 Å². The Morgan fingerprint density at radius 2 is 1.79 bits per heavy atom. The van der Waals surface area contributed by atoms with Crippen LogP contribution in [0.2, 0.25) is 0 Å². The van der Waals surface area contributed by atoms with Gasteiger partial charge in [0.1, 0.15) is 5.82 Å². The van der Waals surface area contributed by atoms with Crippen LogP contribution in [0.15, 0.2) is 18.3 Å². The summed E-state index contributed by atoms with van der Waals surface area (Å²) in [6, 6.07) is 1.08. The number of nitrogens with one attached hydrogen (secondary N) is 2. The highest BCUT2D eigenvalue weighted by Gasteiger charge is 2.14. The average molecular weight is 272 g/mol. The van der Waals surface area contributed by atoms with E-state index in [-0.39, 0.29) is 5.95 Å². The molecule has 0 saturated heterocycles. The summed E-state index contributed by atoms with van der Waals surface area (Å²) in [4.78, 5) is 7.24. The van der Waals surface area contributed by atoms with Crippen LogP contribution in [0, 0.1) is 23.3 Å². The lowest BCUT2D eigenvalue weighted by molar-refractivity contribution is 0.498. The Hall–Kier alpha value is -2.38. The Morgan fingerprint density at radius 1 is 1.05 bits per heavy atom. The van der Waals surface area contributed by atoms with Gasteiger partial charge in [-0.15, -0.1) is 0 Å². The summed E-state index contributed by atoms with van der Waals surface area (Å²) in [7, 11) is 1.50. The van der Waals surface area contributed by atoms with Crippen LogP contribution in [0.5, 0.6) is 0 Å². The fourth-order valence-corrected chi connectivity index (χ4v) is 1.35. The molecule has 0 atom stereocenters. The van der Waals surface area contributed by atoms with Gasteiger partial charge in [-0.25, -0.2) is 22.5 Å². The molecular formula is C11H8F4N4. The van der Waals surface area contributed by atoms with Crippen LogP contribution >= 0.6 is 0 Å². The van der Waals surface area contributed by atoms with Gasteiger partial charge in [0.2, 0.25) is 5.95 Å². The lowest BCUT2D eigenvalue weighted by Gasteiger charge is -2.09. The third-order valence-electron chi connectivity index (χ3n) is 2.21. The van der Waals surface area contributed by atoms with Gasteiger partial charge in [-0.3, -0.25) is 0 Å². The zero-order valence-corrected chi connectivity index (χ0v) is 9.64. The van der Waals surface area contributed by atoms with E-state index in [2.05, 4.69) is 20.6 Å². The lowest BCUT2D eigenvalue weighted by Crippen LogP contribution is -2.05. The van der Waals surface area contributed by atoms with E-state index in [1.807, 2.05) is 0 Å². The van der Waals surface area contributed by atoms with Gasteiger partial charge < -0.3 is 10.6 Å². The lowest BCUT2D eigenvalue weighted by atomic mass is 10.3. The standard InChI is InChI=1S/C11H8F4N4/c1-16-11-17-4-7(14)10(19-11)18-8-3-5(12)2-6(13)9(8)15/h2-4H,1H3,(H2,16,17,18,19). The molecule has 0 unspecified atom stereocenters. The minimum atomic E-state index is -1.38. The molecule has 0 saturated carbocycles. The van der Waals surface area contributed by atoms with Crippen LogP contribution in [0.25, 0.3) is 0 Å². The molecule has 0 radical (unpaired) electrons. The Kier molecular flexibility index (Phi) is 3.50. The zero-order valence-electron chi connectivity index (χ0n) is 9.64. The molecule has 1 aromatic heterocycles. The van der Waals surface area contributed by atoms with E-state index in [1.54, 1.807) is 0 Å². The first kappa shape index (κ1) is 13.1. The molecule has 4 nitrogen and oxygen atoms in total. The van der Waals surface area contributed by atoms with E-state index >= 15 is 0 Å². The maximum atomic E-state index is 13.4. The van der Waals surface area contributed by atoms with E-state index in [1.165, 1.54) is 7.05 Å². The van der Waals surface area contributed by atoms with E-state index in [9.17, 15) is 17.6 Å².